The fourth-order valence-corrected chi connectivity index (χ4v) is 3.79. The number of carboxylic acids is 1. The molecular weight excluding hydrogens is 292 g/mol. The van der Waals surface area contributed by atoms with Gasteiger partial charge in [-0.25, -0.2) is 14.7 Å². The van der Waals surface area contributed by atoms with Crippen LogP contribution in [-0.2, 0) is 14.4 Å². The van der Waals surface area contributed by atoms with Gasteiger partial charge in [0.25, 0.3) is 0 Å². The molecule has 7 heteroatoms. The standard InChI is InChI=1S/C14H14N2O4S/c17-11(18)6-5-8-7-15-14(21-8)16-12(19)9-3-1-2-4-10(9)13(16)20/h5-7,9-10H,1-4H2,(H,17,18). The number of thiazole rings is 1. The smallest absolute Gasteiger partial charge is 0.328 e. The van der Waals surface area contributed by atoms with Crippen molar-refractivity contribution in [1.29, 1.82) is 0 Å². The highest BCUT2D eigenvalue weighted by Crippen LogP contribution is 2.41. The first kappa shape index (κ1) is 13.9. The van der Waals surface area contributed by atoms with Crippen LogP contribution >= 0.6 is 11.3 Å². The molecule has 2 atom stereocenters. The third kappa shape index (κ3) is 2.49. The fraction of sp³-hybridized carbons (Fsp3) is 0.429. The summed E-state index contributed by atoms with van der Waals surface area (Å²) in [5.74, 6) is -1.77. The lowest BCUT2D eigenvalue weighted by molar-refractivity contribution is -0.131. The number of nitrogens with zero attached hydrogens (tertiary/aromatic N) is 2. The number of amides is 2. The molecule has 0 radical (unpaired) electrons. The number of carbonyl (C=O) groups excluding carboxylic acids is 2. The lowest BCUT2D eigenvalue weighted by Gasteiger charge is -2.19. The molecule has 1 aromatic rings. The first-order valence-electron chi connectivity index (χ1n) is 6.82. The van der Waals surface area contributed by atoms with Crippen LogP contribution in [0.2, 0.25) is 0 Å². The number of hydrogen-bond donors (Lipinski definition) is 1. The topological polar surface area (TPSA) is 87.6 Å². The third-order valence-corrected chi connectivity index (χ3v) is 4.88. The van der Waals surface area contributed by atoms with Crippen LogP contribution in [0.5, 0.6) is 0 Å². The van der Waals surface area contributed by atoms with E-state index in [0.717, 1.165) is 43.1 Å². The van der Waals surface area contributed by atoms with Crippen molar-refractivity contribution in [1.82, 2.24) is 4.98 Å². The molecule has 110 valence electrons. The summed E-state index contributed by atoms with van der Waals surface area (Å²) in [5, 5.41) is 8.93. The largest absolute Gasteiger partial charge is 0.478 e. The van der Waals surface area contributed by atoms with Crippen LogP contribution in [0.4, 0.5) is 5.13 Å². The summed E-state index contributed by atoms with van der Waals surface area (Å²) < 4.78 is 0. The minimum absolute atomic E-state index is 0.159. The monoisotopic (exact) mass is 306 g/mol. The van der Waals surface area contributed by atoms with Gasteiger partial charge in [-0.2, -0.15) is 0 Å². The van der Waals surface area contributed by atoms with Crippen molar-refractivity contribution in [3.63, 3.8) is 0 Å². The predicted molar refractivity (Wildman–Crippen MR) is 76.7 cm³/mol. The molecule has 0 bridgehead atoms. The van der Waals surface area contributed by atoms with E-state index in [1.165, 1.54) is 17.2 Å². The van der Waals surface area contributed by atoms with Crippen molar-refractivity contribution in [2.24, 2.45) is 11.8 Å². The summed E-state index contributed by atoms with van der Waals surface area (Å²) in [6.45, 7) is 0. The molecule has 6 nitrogen and oxygen atoms in total. The Labute approximate surface area is 125 Å². The van der Waals surface area contributed by atoms with Crippen molar-refractivity contribution in [3.05, 3.63) is 17.2 Å². The van der Waals surface area contributed by atoms with Gasteiger partial charge < -0.3 is 5.11 Å². The quantitative estimate of drug-likeness (QED) is 0.681. The van der Waals surface area contributed by atoms with E-state index >= 15 is 0 Å². The number of aliphatic carboxylic acids is 1. The van der Waals surface area contributed by atoms with Crippen molar-refractivity contribution in [2.45, 2.75) is 25.7 Å². The third-order valence-electron chi connectivity index (χ3n) is 3.93. The average molecular weight is 306 g/mol. The van der Waals surface area contributed by atoms with E-state index < -0.39 is 5.97 Å². The second kappa shape index (κ2) is 5.40. The van der Waals surface area contributed by atoms with Gasteiger partial charge >= 0.3 is 5.97 Å². The molecule has 1 N–H and O–H groups in total. The Morgan fingerprint density at radius 1 is 1.29 bits per heavy atom. The maximum absolute atomic E-state index is 12.4. The van der Waals surface area contributed by atoms with Crippen molar-refractivity contribution in [3.8, 4) is 0 Å². The molecule has 2 fully saturated rings. The maximum Gasteiger partial charge on any atom is 0.328 e. The molecule has 1 saturated heterocycles. The van der Waals surface area contributed by atoms with Crippen molar-refractivity contribution < 1.29 is 19.5 Å². The number of fused-ring (bicyclic) bond motifs is 1. The lowest BCUT2D eigenvalue weighted by atomic mass is 9.81. The molecule has 2 heterocycles. The van der Waals surface area contributed by atoms with Crippen LogP contribution in [0.15, 0.2) is 12.3 Å². The van der Waals surface area contributed by atoms with Gasteiger partial charge in [0, 0.05) is 17.2 Å². The maximum atomic E-state index is 12.4. The van der Waals surface area contributed by atoms with E-state index in [4.69, 9.17) is 5.11 Å². The Morgan fingerprint density at radius 3 is 2.48 bits per heavy atom. The Hall–Kier alpha value is -2.02. The molecule has 2 amide bonds. The second-order valence-electron chi connectivity index (χ2n) is 5.23. The Kier molecular flexibility index (Phi) is 3.59. The van der Waals surface area contributed by atoms with Gasteiger partial charge in [0.1, 0.15) is 0 Å². The summed E-state index contributed by atoms with van der Waals surface area (Å²) >= 11 is 1.15. The van der Waals surface area contributed by atoms with Crippen molar-refractivity contribution in [2.75, 3.05) is 4.90 Å². The van der Waals surface area contributed by atoms with Crippen LogP contribution in [0.3, 0.4) is 0 Å². The van der Waals surface area contributed by atoms with E-state index in [1.54, 1.807) is 0 Å². The van der Waals surface area contributed by atoms with Crippen LogP contribution in [0.25, 0.3) is 6.08 Å². The normalized spacial score (nSPS) is 25.6. The zero-order chi connectivity index (χ0) is 15.0. The van der Waals surface area contributed by atoms with E-state index in [9.17, 15) is 14.4 Å². The van der Waals surface area contributed by atoms with Gasteiger partial charge in [0.2, 0.25) is 11.8 Å². The van der Waals surface area contributed by atoms with Crippen LogP contribution in [0.1, 0.15) is 30.6 Å². The zero-order valence-electron chi connectivity index (χ0n) is 11.2. The van der Waals surface area contributed by atoms with Gasteiger partial charge in [-0.1, -0.05) is 24.2 Å². The first-order chi connectivity index (χ1) is 10.1. The molecule has 2 unspecified atom stereocenters. The minimum Gasteiger partial charge on any atom is -0.478 e. The summed E-state index contributed by atoms with van der Waals surface area (Å²) in [4.78, 5) is 41.1. The first-order valence-corrected chi connectivity index (χ1v) is 7.64. The zero-order valence-corrected chi connectivity index (χ0v) is 12.0. The molecule has 1 aliphatic heterocycles. The predicted octanol–water partition coefficient (Wildman–Crippen LogP) is 1.92. The summed E-state index contributed by atoms with van der Waals surface area (Å²) in [6.07, 6.45) is 7.39. The Morgan fingerprint density at radius 2 is 1.90 bits per heavy atom. The minimum atomic E-state index is -1.05. The molecule has 21 heavy (non-hydrogen) atoms. The Bertz CT molecular complexity index is 613. The van der Waals surface area contributed by atoms with Crippen LogP contribution in [-0.4, -0.2) is 27.9 Å². The SMILES string of the molecule is O=C(O)C=Cc1cnc(N2C(=O)C3CCCCC3C2=O)s1. The number of carbonyl (C=O) groups is 3. The summed E-state index contributed by atoms with van der Waals surface area (Å²) in [5.41, 5.74) is 0. The highest BCUT2D eigenvalue weighted by molar-refractivity contribution is 7.16. The molecule has 3 rings (SSSR count). The number of imide groups is 1. The lowest BCUT2D eigenvalue weighted by Crippen LogP contribution is -2.30. The Balaban J connectivity index is 1.85. The van der Waals surface area contributed by atoms with E-state index in [2.05, 4.69) is 4.98 Å². The molecule has 1 aromatic heterocycles. The molecule has 2 aliphatic rings. The van der Waals surface area contributed by atoms with Crippen LogP contribution in [0, 0.1) is 11.8 Å². The van der Waals surface area contributed by atoms with E-state index in [-0.39, 0.29) is 23.7 Å². The number of hydrogen-bond acceptors (Lipinski definition) is 5. The van der Waals surface area contributed by atoms with E-state index in [0.29, 0.717) is 10.0 Å². The molecule has 0 spiro atoms. The van der Waals surface area contributed by atoms with Gasteiger partial charge in [0.05, 0.1) is 11.8 Å². The van der Waals surface area contributed by atoms with Crippen molar-refractivity contribution >= 4 is 40.3 Å². The highest BCUT2D eigenvalue weighted by atomic mass is 32.1. The number of rotatable bonds is 3. The van der Waals surface area contributed by atoms with Gasteiger partial charge in [-0.3, -0.25) is 9.59 Å². The van der Waals surface area contributed by atoms with Crippen LogP contribution < -0.4 is 4.90 Å². The molecule has 1 aliphatic carbocycles. The second-order valence-corrected chi connectivity index (χ2v) is 6.27. The number of anilines is 1. The molecular formula is C14H14N2O4S. The summed E-state index contributed by atoms with van der Waals surface area (Å²) in [7, 11) is 0. The molecule has 0 aromatic carbocycles. The number of aromatic nitrogens is 1. The molecule has 1 saturated carbocycles. The van der Waals surface area contributed by atoms with E-state index in [1.807, 2.05) is 0 Å². The fourth-order valence-electron chi connectivity index (χ4n) is 2.96. The van der Waals surface area contributed by atoms with Gasteiger partial charge in [-0.15, -0.1) is 0 Å². The van der Waals surface area contributed by atoms with Gasteiger partial charge in [0.15, 0.2) is 5.13 Å². The number of carboxylic acid groups (broad SMARTS) is 1. The van der Waals surface area contributed by atoms with Gasteiger partial charge in [-0.05, 0) is 18.9 Å². The average Bonchev–Trinajstić information content (AvgIpc) is 3.02. The summed E-state index contributed by atoms with van der Waals surface area (Å²) in [6, 6.07) is 0. The highest BCUT2D eigenvalue weighted by Gasteiger charge is 2.49.